The zero-order valence-corrected chi connectivity index (χ0v) is 68.0. The van der Waals surface area contributed by atoms with Gasteiger partial charge in [-0.2, -0.15) is 0 Å². The van der Waals surface area contributed by atoms with Crippen molar-refractivity contribution in [3.05, 3.63) is 87.5 Å². The summed E-state index contributed by atoms with van der Waals surface area (Å²) in [4.78, 5) is 0. The molecular formula is C95H168N2Ni. The van der Waals surface area contributed by atoms with Gasteiger partial charge in [0.2, 0.25) is 11.4 Å². The summed E-state index contributed by atoms with van der Waals surface area (Å²) < 4.78 is 1.56. The summed E-state index contributed by atoms with van der Waals surface area (Å²) in [6, 6.07) is 17.7. The predicted octanol–water partition coefficient (Wildman–Crippen LogP) is 34.1. The SMILES string of the molecule is CCCCCCCCCCCCC#CCCc1ccccc1C1=C(CCCC)C(CCCCC)=C(c2ccc(CCCC)cc2)[N+]1=[N-].CCCCCCCCCCCCCCCCCCCCCCCC[CH2][Ni][CH2]CCCCCCCCCCCCCCCCCCCCCCCC. The molecule has 0 fully saturated rings. The maximum absolute atomic E-state index is 12.1. The van der Waals surface area contributed by atoms with Gasteiger partial charge < -0.3 is 5.53 Å². The summed E-state index contributed by atoms with van der Waals surface area (Å²) in [5, 5.41) is 2.87. The summed E-state index contributed by atoms with van der Waals surface area (Å²) in [6.45, 7) is 13.7. The Morgan fingerprint density at radius 3 is 0.918 bits per heavy atom. The van der Waals surface area contributed by atoms with Crippen LogP contribution in [0.2, 0.25) is 10.8 Å². The molecule has 0 amide bonds. The van der Waals surface area contributed by atoms with Gasteiger partial charge in [0.05, 0.1) is 0 Å². The standard InChI is InChI=1S/C45H66N2.2C25H51.Ni/c1-5-9-13-14-15-16-17-18-19-20-21-22-23-25-29-39-30-26-27-32-41(39)45-43(31-12-8-4)42(33-24-10-6-2)44(47(45)46)40-36-34-38(35-37-40)28-11-7-3;2*1-3-5-7-9-11-13-15-17-19-21-23-25-24-22-20-18-16-14-12-10-8-6-4-2;/h26-27,30,32,34-37H,5-21,24-25,28-29,31,33H2,1-4H3;2*1,3-25H2,2H3;. The molecule has 0 atom stereocenters. The summed E-state index contributed by atoms with van der Waals surface area (Å²) in [5.41, 5.74) is 21.7. The van der Waals surface area contributed by atoms with E-state index in [1.165, 1.54) is 424 Å². The van der Waals surface area contributed by atoms with Gasteiger partial charge in [0.1, 0.15) is 0 Å². The number of hydrogen-bond donors (Lipinski definition) is 0. The van der Waals surface area contributed by atoms with E-state index in [9.17, 15) is 5.53 Å². The molecule has 0 unspecified atom stereocenters. The molecule has 3 heteroatoms. The molecule has 0 radical (unpaired) electrons. The minimum atomic E-state index is 0.862. The molecule has 0 aromatic heterocycles. The molecule has 0 saturated heterocycles. The van der Waals surface area contributed by atoms with E-state index in [1.807, 2.05) is 0 Å². The first-order valence-electron chi connectivity index (χ1n) is 44.6. The molecule has 2 nitrogen and oxygen atoms in total. The first kappa shape index (κ1) is 91.7. The molecule has 3 rings (SSSR count). The number of unbranched alkanes of at least 4 members (excludes halogenated alkanes) is 58. The van der Waals surface area contributed by atoms with E-state index in [4.69, 9.17) is 0 Å². The van der Waals surface area contributed by atoms with Gasteiger partial charge >= 0.3 is 166 Å². The van der Waals surface area contributed by atoms with Crippen molar-refractivity contribution < 1.29 is 19.1 Å². The number of allylic oxidation sites excluding steroid dienone is 2. The van der Waals surface area contributed by atoms with Crippen molar-refractivity contribution >= 4 is 11.4 Å². The number of aryl methyl sites for hydroxylation is 2. The molecule has 0 bridgehead atoms. The average Bonchev–Trinajstić information content (AvgIpc) is 1.60. The van der Waals surface area contributed by atoms with Crippen molar-refractivity contribution in [3.63, 3.8) is 0 Å². The second-order valence-corrected chi connectivity index (χ2v) is 32.3. The van der Waals surface area contributed by atoms with Crippen LogP contribution in [0.4, 0.5) is 0 Å². The molecular weight excluding hydrogens is 1230 g/mol. The monoisotopic (exact) mass is 1400 g/mol. The number of hydrogen-bond acceptors (Lipinski definition) is 0. The smallest absolute Gasteiger partial charge is 0.0654 e. The molecule has 568 valence electrons. The van der Waals surface area contributed by atoms with Crippen LogP contribution < -0.4 is 0 Å². The Morgan fingerprint density at radius 1 is 0.265 bits per heavy atom. The Labute approximate surface area is 621 Å². The summed E-state index contributed by atoms with van der Waals surface area (Å²) >= 11 is 2.05. The normalized spacial score (nSPS) is 12.4. The zero-order chi connectivity index (χ0) is 70.2. The van der Waals surface area contributed by atoms with Gasteiger partial charge in [0, 0.05) is 35.1 Å². The minimum absolute atomic E-state index is 0.862. The maximum atomic E-state index is 12.1. The van der Waals surface area contributed by atoms with Crippen LogP contribution in [-0.2, 0) is 27.3 Å². The third kappa shape index (κ3) is 52.5. The Kier molecular flexibility index (Phi) is 68.2. The van der Waals surface area contributed by atoms with Crippen LogP contribution in [0.25, 0.3) is 16.9 Å². The Bertz CT molecular complexity index is 2100. The Hall–Kier alpha value is -2.43. The van der Waals surface area contributed by atoms with E-state index in [0.717, 1.165) is 74.7 Å². The quantitative estimate of drug-likeness (QED) is 0.0273. The Balaban J connectivity index is 0.000000668. The van der Waals surface area contributed by atoms with Crippen molar-refractivity contribution in [3.8, 4) is 11.8 Å². The molecule has 98 heavy (non-hydrogen) atoms. The molecule has 2 aromatic rings. The van der Waals surface area contributed by atoms with Gasteiger partial charge in [-0.3, -0.25) is 0 Å². The van der Waals surface area contributed by atoms with E-state index in [1.54, 1.807) is 4.70 Å². The second-order valence-electron chi connectivity index (χ2n) is 30.8. The molecule has 0 N–H and O–H groups in total. The van der Waals surface area contributed by atoms with Gasteiger partial charge in [-0.05, 0) is 80.7 Å². The zero-order valence-electron chi connectivity index (χ0n) is 67.0. The predicted molar refractivity (Wildman–Crippen MR) is 439 cm³/mol. The van der Waals surface area contributed by atoms with Crippen LogP contribution in [0.15, 0.2) is 59.7 Å². The van der Waals surface area contributed by atoms with Crippen LogP contribution in [0.5, 0.6) is 0 Å². The van der Waals surface area contributed by atoms with E-state index in [2.05, 4.69) is 116 Å². The molecule has 0 saturated carbocycles. The molecule has 1 aliphatic rings. The molecule has 0 aliphatic carbocycles. The van der Waals surface area contributed by atoms with Crippen molar-refractivity contribution in [2.45, 2.75) is 495 Å². The molecule has 0 spiro atoms. The van der Waals surface area contributed by atoms with Gasteiger partial charge in [0.25, 0.3) is 0 Å². The van der Waals surface area contributed by atoms with Crippen molar-refractivity contribution in [1.29, 1.82) is 0 Å². The first-order valence-corrected chi connectivity index (χ1v) is 46.0. The van der Waals surface area contributed by atoms with E-state index in [0.29, 0.717) is 0 Å². The fraction of sp³-hybridized carbons (Fsp3) is 0.811. The van der Waals surface area contributed by atoms with E-state index < -0.39 is 0 Å². The topological polar surface area (TPSA) is 25.3 Å². The summed E-state index contributed by atoms with van der Waals surface area (Å²) in [5.74, 6) is 6.95. The van der Waals surface area contributed by atoms with Crippen LogP contribution >= 0.6 is 0 Å². The number of rotatable bonds is 72. The van der Waals surface area contributed by atoms with Gasteiger partial charge in [-0.25, -0.2) is 4.70 Å². The Morgan fingerprint density at radius 2 is 0.551 bits per heavy atom. The van der Waals surface area contributed by atoms with Crippen molar-refractivity contribution in [1.82, 2.24) is 0 Å². The third-order valence-corrected chi connectivity index (χ3v) is 22.8. The van der Waals surface area contributed by atoms with Crippen molar-refractivity contribution in [2.24, 2.45) is 0 Å². The van der Waals surface area contributed by atoms with Crippen molar-refractivity contribution in [2.75, 3.05) is 0 Å². The van der Waals surface area contributed by atoms with Crippen LogP contribution in [0, 0.1) is 11.8 Å². The van der Waals surface area contributed by atoms with Gasteiger partial charge in [0.15, 0.2) is 0 Å². The fourth-order valence-electron chi connectivity index (χ4n) is 14.9. The van der Waals surface area contributed by atoms with E-state index in [-0.39, 0.29) is 0 Å². The number of nitrogens with zero attached hydrogens (tertiary/aromatic N) is 2. The third-order valence-electron chi connectivity index (χ3n) is 21.4. The fourth-order valence-corrected chi connectivity index (χ4v) is 16.1. The first-order chi connectivity index (χ1) is 48.6. The average molecular weight is 1400 g/mol. The summed E-state index contributed by atoms with van der Waals surface area (Å²) in [6.07, 6.45) is 96.0. The molecule has 2 aromatic carbocycles. The van der Waals surface area contributed by atoms with Gasteiger partial charge in [-0.15, -0.1) is 11.8 Å². The molecule has 1 heterocycles. The number of benzene rings is 2. The summed E-state index contributed by atoms with van der Waals surface area (Å²) in [7, 11) is 0. The second kappa shape index (κ2) is 72.9. The van der Waals surface area contributed by atoms with E-state index >= 15 is 0 Å². The van der Waals surface area contributed by atoms with Crippen LogP contribution in [-0.4, -0.2) is 4.70 Å². The minimum Gasteiger partial charge on any atom is -0.0654 e. The van der Waals surface area contributed by atoms with Crippen LogP contribution in [0.1, 0.15) is 494 Å². The van der Waals surface area contributed by atoms with Crippen LogP contribution in [0.3, 0.4) is 0 Å². The molecule has 1 aliphatic heterocycles. The van der Waals surface area contributed by atoms with Gasteiger partial charge in [-0.1, -0.05) is 309 Å².